The van der Waals surface area contributed by atoms with Crippen molar-refractivity contribution in [2.75, 3.05) is 0 Å². The van der Waals surface area contributed by atoms with E-state index in [1.165, 1.54) is 19.1 Å². The van der Waals surface area contributed by atoms with Crippen molar-refractivity contribution in [1.82, 2.24) is 0 Å². The zero-order chi connectivity index (χ0) is 13.2. The fraction of sp³-hybridized carbons (Fsp3) is 0.385. The molecular weight excluding hydrogens is 220 g/mol. The summed E-state index contributed by atoms with van der Waals surface area (Å²) in [6.45, 7) is 6.52. The zero-order valence-electron chi connectivity index (χ0n) is 10.4. The third kappa shape index (κ3) is 3.06. The summed E-state index contributed by atoms with van der Waals surface area (Å²) in [5.41, 5.74) is 0.899. The molecule has 0 unspecified atom stereocenters. The molecule has 0 amide bonds. The van der Waals surface area contributed by atoms with Gasteiger partial charge in [-0.05, 0) is 18.6 Å². The summed E-state index contributed by atoms with van der Waals surface area (Å²) in [5, 5.41) is 9.74. The smallest absolute Gasteiger partial charge is 0.308 e. The molecule has 0 saturated heterocycles. The predicted octanol–water partition coefficient (Wildman–Crippen LogP) is 2.46. The molecular formula is C13H16O4. The molecule has 4 heteroatoms. The molecule has 0 saturated carbocycles. The number of Topliss-reactive ketones (excluding diaryl/α,β-unsaturated/α-hetero) is 1. The Kier molecular flexibility index (Phi) is 3.89. The van der Waals surface area contributed by atoms with Crippen LogP contribution < -0.4 is 4.74 Å². The molecule has 0 aromatic heterocycles. The van der Waals surface area contributed by atoms with Gasteiger partial charge in [-0.1, -0.05) is 13.8 Å². The molecule has 0 aliphatic rings. The van der Waals surface area contributed by atoms with E-state index < -0.39 is 5.97 Å². The van der Waals surface area contributed by atoms with Crippen LogP contribution in [0.5, 0.6) is 11.5 Å². The minimum absolute atomic E-state index is 0.139. The lowest BCUT2D eigenvalue weighted by Gasteiger charge is -2.11. The maximum Gasteiger partial charge on any atom is 0.308 e. The molecule has 4 nitrogen and oxygen atoms in total. The third-order valence-electron chi connectivity index (χ3n) is 2.34. The van der Waals surface area contributed by atoms with Crippen molar-refractivity contribution in [3.05, 3.63) is 23.3 Å². The van der Waals surface area contributed by atoms with Gasteiger partial charge in [0.1, 0.15) is 11.5 Å². The van der Waals surface area contributed by atoms with Crippen LogP contribution in [0, 0.1) is 12.8 Å². The molecule has 0 aliphatic heterocycles. The summed E-state index contributed by atoms with van der Waals surface area (Å²) < 4.78 is 4.91. The monoisotopic (exact) mass is 236 g/mol. The number of hydrogen-bond donors (Lipinski definition) is 1. The third-order valence-corrected chi connectivity index (χ3v) is 2.34. The fourth-order valence-corrected chi connectivity index (χ4v) is 1.45. The minimum Gasteiger partial charge on any atom is -0.507 e. The van der Waals surface area contributed by atoms with Crippen molar-refractivity contribution in [2.24, 2.45) is 5.92 Å². The summed E-state index contributed by atoms with van der Waals surface area (Å²) in [4.78, 5) is 22.6. The van der Waals surface area contributed by atoms with Crippen LogP contribution in [-0.2, 0) is 4.79 Å². The van der Waals surface area contributed by atoms with Gasteiger partial charge in [0.05, 0.1) is 5.56 Å². The fourth-order valence-electron chi connectivity index (χ4n) is 1.45. The van der Waals surface area contributed by atoms with Crippen LogP contribution in [0.2, 0.25) is 0 Å². The van der Waals surface area contributed by atoms with Gasteiger partial charge in [0.2, 0.25) is 0 Å². The van der Waals surface area contributed by atoms with Crippen molar-refractivity contribution >= 4 is 11.8 Å². The molecule has 0 bridgehead atoms. The summed E-state index contributed by atoms with van der Waals surface area (Å²) in [6, 6.07) is 2.84. The molecule has 0 aliphatic carbocycles. The second-order valence-electron chi connectivity index (χ2n) is 4.25. The number of esters is 1. The lowest BCUT2D eigenvalue weighted by atomic mass is 9.98. The van der Waals surface area contributed by atoms with E-state index in [0.717, 1.165) is 0 Å². The topological polar surface area (TPSA) is 63.6 Å². The van der Waals surface area contributed by atoms with Crippen LogP contribution in [0.25, 0.3) is 0 Å². The van der Waals surface area contributed by atoms with Crippen LogP contribution in [0.4, 0.5) is 0 Å². The first-order valence-electron chi connectivity index (χ1n) is 5.39. The Morgan fingerprint density at radius 2 is 1.88 bits per heavy atom. The second-order valence-corrected chi connectivity index (χ2v) is 4.25. The molecule has 0 spiro atoms. The largest absolute Gasteiger partial charge is 0.507 e. The van der Waals surface area contributed by atoms with Gasteiger partial charge in [-0.15, -0.1) is 0 Å². The molecule has 17 heavy (non-hydrogen) atoms. The number of rotatable bonds is 3. The molecule has 0 heterocycles. The quantitative estimate of drug-likeness (QED) is 0.497. The normalized spacial score (nSPS) is 10.4. The number of aryl methyl sites for hydroxylation is 1. The second kappa shape index (κ2) is 4.99. The van der Waals surface area contributed by atoms with E-state index in [0.29, 0.717) is 5.56 Å². The molecule has 1 rings (SSSR count). The molecule has 0 atom stereocenters. The van der Waals surface area contributed by atoms with E-state index in [1.54, 1.807) is 20.8 Å². The number of hydrogen-bond acceptors (Lipinski definition) is 4. The Balaban J connectivity index is 3.18. The van der Waals surface area contributed by atoms with Crippen molar-refractivity contribution in [3.63, 3.8) is 0 Å². The first kappa shape index (κ1) is 13.2. The number of carbonyl (C=O) groups is 2. The van der Waals surface area contributed by atoms with E-state index in [4.69, 9.17) is 4.74 Å². The first-order valence-corrected chi connectivity index (χ1v) is 5.39. The summed E-state index contributed by atoms with van der Waals surface area (Å²) in [6.07, 6.45) is 0. The summed E-state index contributed by atoms with van der Waals surface area (Å²) in [7, 11) is 0. The maximum atomic E-state index is 11.8. The van der Waals surface area contributed by atoms with Gasteiger partial charge in [-0.2, -0.15) is 0 Å². The van der Waals surface area contributed by atoms with Crippen LogP contribution >= 0.6 is 0 Å². The van der Waals surface area contributed by atoms with Gasteiger partial charge < -0.3 is 9.84 Å². The van der Waals surface area contributed by atoms with Gasteiger partial charge in [0.25, 0.3) is 0 Å². The van der Waals surface area contributed by atoms with Gasteiger partial charge in [-0.25, -0.2) is 0 Å². The van der Waals surface area contributed by atoms with Crippen molar-refractivity contribution in [1.29, 1.82) is 0 Å². The van der Waals surface area contributed by atoms with Crippen molar-refractivity contribution in [2.45, 2.75) is 27.7 Å². The SMILES string of the molecule is CC(=O)Oc1cc(O)c(C(=O)C(C)C)cc1C. The lowest BCUT2D eigenvalue weighted by molar-refractivity contribution is -0.131. The van der Waals surface area contributed by atoms with Gasteiger partial charge in [0.15, 0.2) is 5.78 Å². The number of benzene rings is 1. The van der Waals surface area contributed by atoms with E-state index in [-0.39, 0.29) is 28.8 Å². The Morgan fingerprint density at radius 1 is 1.29 bits per heavy atom. The first-order chi connectivity index (χ1) is 7.82. The predicted molar refractivity (Wildman–Crippen MR) is 63.3 cm³/mol. The Morgan fingerprint density at radius 3 is 2.35 bits per heavy atom. The standard InChI is InChI=1S/C13H16O4/c1-7(2)13(16)10-5-8(3)12(6-11(10)15)17-9(4)14/h5-7,15H,1-4H3. The Hall–Kier alpha value is -1.84. The van der Waals surface area contributed by atoms with E-state index >= 15 is 0 Å². The molecule has 1 N–H and O–H groups in total. The van der Waals surface area contributed by atoms with Gasteiger partial charge >= 0.3 is 5.97 Å². The molecule has 0 fully saturated rings. The van der Waals surface area contributed by atoms with Crippen LogP contribution in [-0.4, -0.2) is 16.9 Å². The number of phenolic OH excluding ortho intramolecular Hbond substituents is 1. The van der Waals surface area contributed by atoms with Crippen molar-refractivity contribution in [3.8, 4) is 11.5 Å². The zero-order valence-corrected chi connectivity index (χ0v) is 10.4. The van der Waals surface area contributed by atoms with Crippen LogP contribution in [0.1, 0.15) is 36.7 Å². The lowest BCUT2D eigenvalue weighted by Crippen LogP contribution is -2.09. The van der Waals surface area contributed by atoms with E-state index in [9.17, 15) is 14.7 Å². The summed E-state index contributed by atoms with van der Waals surface area (Å²) in [5.74, 6) is -0.684. The van der Waals surface area contributed by atoms with Crippen LogP contribution in [0.3, 0.4) is 0 Å². The van der Waals surface area contributed by atoms with Crippen LogP contribution in [0.15, 0.2) is 12.1 Å². The minimum atomic E-state index is -0.463. The molecule has 92 valence electrons. The maximum absolute atomic E-state index is 11.8. The molecule has 1 aromatic carbocycles. The number of ether oxygens (including phenoxy) is 1. The van der Waals surface area contributed by atoms with Gasteiger partial charge in [0, 0.05) is 18.9 Å². The number of aromatic hydroxyl groups is 1. The van der Waals surface area contributed by atoms with Crippen molar-refractivity contribution < 1.29 is 19.4 Å². The molecule has 0 radical (unpaired) electrons. The number of phenols is 1. The summed E-state index contributed by atoms with van der Waals surface area (Å²) >= 11 is 0. The van der Waals surface area contributed by atoms with E-state index in [1.807, 2.05) is 0 Å². The van der Waals surface area contributed by atoms with E-state index in [2.05, 4.69) is 0 Å². The number of ketones is 1. The highest BCUT2D eigenvalue weighted by atomic mass is 16.5. The average molecular weight is 236 g/mol. The highest BCUT2D eigenvalue weighted by Gasteiger charge is 2.17. The Labute approximate surface area is 100 Å². The average Bonchev–Trinajstić information content (AvgIpc) is 2.21. The molecule has 1 aromatic rings. The van der Waals surface area contributed by atoms with Gasteiger partial charge in [-0.3, -0.25) is 9.59 Å². The highest BCUT2D eigenvalue weighted by Crippen LogP contribution is 2.29. The number of carbonyl (C=O) groups excluding carboxylic acids is 2. The Bertz CT molecular complexity index is 461. The highest BCUT2D eigenvalue weighted by molar-refractivity contribution is 6.00.